The second-order valence-corrected chi connectivity index (χ2v) is 12.3. The molecule has 0 radical (unpaired) electrons. The maximum absolute atomic E-state index is 12.5. The zero-order valence-electron chi connectivity index (χ0n) is 24.0. The lowest BCUT2D eigenvalue weighted by Gasteiger charge is -2.44. The molecule has 1 aliphatic heterocycles. The number of methoxy groups -OCH3 is 2. The van der Waals surface area contributed by atoms with Crippen LogP contribution in [0.2, 0.25) is 5.02 Å². The summed E-state index contributed by atoms with van der Waals surface area (Å²) in [5.41, 5.74) is 5.35. The second-order valence-electron chi connectivity index (χ2n) is 11.9. The van der Waals surface area contributed by atoms with E-state index >= 15 is 0 Å². The standard InChI is InChI=1S/C34H39ClN2O4/c1-39-29-11-5-23(6-12-29)18-36-19-26-7-8-27(26)20-37-21-34(15-3-4-24-16-28(35)10-13-30(24)34)22-41-32-14-9-25(17-31(32)37)33(38)40-2/h5-6,9-14,16-17,26-27,36H,3-4,7-8,15,18-22H2,1-2H3/t26-,27?,34-/m0/s1. The molecule has 0 amide bonds. The Labute approximate surface area is 247 Å². The predicted molar refractivity (Wildman–Crippen MR) is 162 cm³/mol. The number of carbonyl (C=O) groups excluding carboxylic acids is 1. The molecule has 3 aromatic carbocycles. The highest BCUT2D eigenvalue weighted by Crippen LogP contribution is 2.46. The topological polar surface area (TPSA) is 60.0 Å². The van der Waals surface area contributed by atoms with Crippen molar-refractivity contribution in [3.8, 4) is 11.5 Å². The average Bonchev–Trinajstić information content (AvgIpc) is 3.14. The number of carbonyl (C=O) groups is 1. The number of hydrogen-bond donors (Lipinski definition) is 1. The van der Waals surface area contributed by atoms with Gasteiger partial charge in [-0.2, -0.15) is 0 Å². The first-order chi connectivity index (χ1) is 20.0. The first-order valence-electron chi connectivity index (χ1n) is 14.7. The number of halogens is 1. The quantitative estimate of drug-likeness (QED) is 0.313. The van der Waals surface area contributed by atoms with E-state index in [0.29, 0.717) is 24.0 Å². The van der Waals surface area contributed by atoms with Crippen LogP contribution in [0, 0.1) is 11.8 Å². The van der Waals surface area contributed by atoms with Gasteiger partial charge in [0, 0.05) is 30.1 Å². The number of nitrogens with one attached hydrogen (secondary N) is 1. The fourth-order valence-electron chi connectivity index (χ4n) is 6.93. The highest BCUT2D eigenvalue weighted by Gasteiger charge is 2.43. The van der Waals surface area contributed by atoms with Gasteiger partial charge in [-0.1, -0.05) is 29.8 Å². The van der Waals surface area contributed by atoms with Crippen molar-refractivity contribution in [2.45, 2.75) is 44.1 Å². The monoisotopic (exact) mass is 574 g/mol. The normalized spacial score (nSPS) is 23.0. The van der Waals surface area contributed by atoms with Crippen molar-refractivity contribution in [3.05, 3.63) is 87.9 Å². The van der Waals surface area contributed by atoms with E-state index in [1.165, 1.54) is 36.6 Å². The van der Waals surface area contributed by atoms with Crippen molar-refractivity contribution in [2.75, 3.05) is 45.4 Å². The third kappa shape index (κ3) is 5.77. The number of anilines is 1. The molecule has 3 aliphatic rings. The number of ether oxygens (including phenoxy) is 3. The number of hydrogen-bond acceptors (Lipinski definition) is 6. The molecule has 1 unspecified atom stereocenters. The molecule has 7 heteroatoms. The van der Waals surface area contributed by atoms with Crippen LogP contribution in [0.4, 0.5) is 5.69 Å². The van der Waals surface area contributed by atoms with Gasteiger partial charge in [-0.05, 0) is 110 Å². The summed E-state index contributed by atoms with van der Waals surface area (Å²) in [4.78, 5) is 15.0. The Morgan fingerprint density at radius 2 is 1.90 bits per heavy atom. The molecule has 1 heterocycles. The number of nitrogens with zero attached hydrogens (tertiary/aromatic N) is 1. The Balaban J connectivity index is 1.23. The van der Waals surface area contributed by atoms with E-state index in [2.05, 4.69) is 34.5 Å². The van der Waals surface area contributed by atoms with Crippen LogP contribution in [0.15, 0.2) is 60.7 Å². The fraction of sp³-hybridized carbons (Fsp3) is 0.441. The minimum atomic E-state index is -0.325. The van der Waals surface area contributed by atoms with Gasteiger partial charge in [0.05, 0.1) is 32.1 Å². The Hall–Kier alpha value is -3.22. The molecular formula is C34H39ClN2O4. The van der Waals surface area contributed by atoms with Gasteiger partial charge in [-0.25, -0.2) is 4.79 Å². The number of aryl methyl sites for hydroxylation is 1. The molecule has 2 aliphatic carbocycles. The number of benzene rings is 3. The summed E-state index contributed by atoms with van der Waals surface area (Å²) in [6.45, 7) is 4.23. The minimum Gasteiger partial charge on any atom is -0.497 e. The maximum atomic E-state index is 12.5. The van der Waals surface area contributed by atoms with Gasteiger partial charge >= 0.3 is 5.97 Å². The van der Waals surface area contributed by atoms with E-state index in [-0.39, 0.29) is 11.4 Å². The molecule has 1 spiro atoms. The van der Waals surface area contributed by atoms with E-state index in [1.54, 1.807) is 7.11 Å². The van der Waals surface area contributed by atoms with Crippen molar-refractivity contribution >= 4 is 23.3 Å². The van der Waals surface area contributed by atoms with E-state index in [0.717, 1.165) is 67.7 Å². The summed E-state index contributed by atoms with van der Waals surface area (Å²) in [5, 5.41) is 4.48. The molecule has 1 fully saturated rings. The van der Waals surface area contributed by atoms with Crippen molar-refractivity contribution < 1.29 is 19.0 Å². The summed E-state index contributed by atoms with van der Waals surface area (Å²) in [5.74, 6) is 2.57. The maximum Gasteiger partial charge on any atom is 0.337 e. The molecule has 6 nitrogen and oxygen atoms in total. The van der Waals surface area contributed by atoms with Gasteiger partial charge in [0.15, 0.2) is 0 Å². The molecular weight excluding hydrogens is 536 g/mol. The van der Waals surface area contributed by atoms with Gasteiger partial charge in [0.25, 0.3) is 0 Å². The van der Waals surface area contributed by atoms with Crippen molar-refractivity contribution in [2.24, 2.45) is 11.8 Å². The number of esters is 1. The summed E-state index contributed by atoms with van der Waals surface area (Å²) < 4.78 is 16.9. The molecule has 6 rings (SSSR count). The highest BCUT2D eigenvalue weighted by molar-refractivity contribution is 6.30. The van der Waals surface area contributed by atoms with Crippen LogP contribution in [0.25, 0.3) is 0 Å². The lowest BCUT2D eigenvalue weighted by Crippen LogP contribution is -2.49. The molecule has 216 valence electrons. The first kappa shape index (κ1) is 27.9. The molecule has 1 N–H and O–H groups in total. The summed E-state index contributed by atoms with van der Waals surface area (Å²) >= 11 is 6.41. The van der Waals surface area contributed by atoms with Gasteiger partial charge in [-0.3, -0.25) is 0 Å². The highest BCUT2D eigenvalue weighted by atomic mass is 35.5. The van der Waals surface area contributed by atoms with Gasteiger partial charge in [0.2, 0.25) is 0 Å². The van der Waals surface area contributed by atoms with Crippen LogP contribution in [0.1, 0.15) is 52.7 Å². The van der Waals surface area contributed by atoms with Crippen LogP contribution < -0.4 is 19.7 Å². The Kier molecular flexibility index (Phi) is 8.14. The van der Waals surface area contributed by atoms with Gasteiger partial charge < -0.3 is 24.4 Å². The van der Waals surface area contributed by atoms with Crippen LogP contribution in [0.5, 0.6) is 11.5 Å². The molecule has 41 heavy (non-hydrogen) atoms. The summed E-state index contributed by atoms with van der Waals surface area (Å²) in [6.07, 6.45) is 5.65. The lowest BCUT2D eigenvalue weighted by molar-refractivity contribution is 0.0600. The van der Waals surface area contributed by atoms with Crippen molar-refractivity contribution in [1.29, 1.82) is 0 Å². The van der Waals surface area contributed by atoms with Crippen LogP contribution >= 0.6 is 11.6 Å². The zero-order valence-corrected chi connectivity index (χ0v) is 24.7. The zero-order chi connectivity index (χ0) is 28.4. The predicted octanol–water partition coefficient (Wildman–Crippen LogP) is 6.42. The lowest BCUT2D eigenvalue weighted by atomic mass is 9.69. The SMILES string of the molecule is COC(=O)c1ccc2c(c1)N(CC1CC[C@H]1CNCc1ccc(OC)cc1)C[C@@]1(CCCc3cc(Cl)ccc31)CO2. The average molecular weight is 575 g/mol. The van der Waals surface area contributed by atoms with Crippen LogP contribution in [-0.4, -0.2) is 46.4 Å². The number of rotatable bonds is 8. The molecule has 0 bridgehead atoms. The van der Waals surface area contributed by atoms with Gasteiger partial charge in [0.1, 0.15) is 11.5 Å². The molecule has 3 atom stereocenters. The molecule has 0 saturated heterocycles. The van der Waals surface area contributed by atoms with Crippen molar-refractivity contribution in [1.82, 2.24) is 5.32 Å². The summed E-state index contributed by atoms with van der Waals surface area (Å²) in [6, 6.07) is 20.3. The first-order valence-corrected chi connectivity index (χ1v) is 15.1. The molecule has 0 aromatic heterocycles. The Bertz CT molecular complexity index is 1390. The molecule has 1 saturated carbocycles. The second kappa shape index (κ2) is 11.9. The van der Waals surface area contributed by atoms with E-state index in [9.17, 15) is 4.79 Å². The smallest absolute Gasteiger partial charge is 0.337 e. The Morgan fingerprint density at radius 3 is 2.66 bits per heavy atom. The van der Waals surface area contributed by atoms with E-state index in [4.69, 9.17) is 25.8 Å². The van der Waals surface area contributed by atoms with E-state index in [1.807, 2.05) is 36.4 Å². The number of fused-ring (bicyclic) bond motifs is 3. The Morgan fingerprint density at radius 1 is 1.07 bits per heavy atom. The third-order valence-electron chi connectivity index (χ3n) is 9.38. The third-order valence-corrected chi connectivity index (χ3v) is 9.62. The largest absolute Gasteiger partial charge is 0.497 e. The minimum absolute atomic E-state index is 0.130. The summed E-state index contributed by atoms with van der Waals surface area (Å²) in [7, 11) is 3.12. The fourth-order valence-corrected chi connectivity index (χ4v) is 7.13. The van der Waals surface area contributed by atoms with Gasteiger partial charge in [-0.15, -0.1) is 0 Å². The van der Waals surface area contributed by atoms with Crippen LogP contribution in [0.3, 0.4) is 0 Å². The van der Waals surface area contributed by atoms with E-state index < -0.39 is 0 Å². The van der Waals surface area contributed by atoms with Crippen molar-refractivity contribution in [3.63, 3.8) is 0 Å². The molecule has 3 aromatic rings. The van der Waals surface area contributed by atoms with Crippen LogP contribution in [-0.2, 0) is 23.1 Å².